The standard InChI is InChI=1S/C9H14BrNO2/c1-4-9(3,6-11)7(10)8(12)13-5-2/h7H,4-5H2,1-3H3. The first-order valence-electron chi connectivity index (χ1n) is 4.23. The van der Waals surface area contributed by atoms with Gasteiger partial charge in [-0.3, -0.25) is 4.79 Å². The zero-order chi connectivity index (χ0) is 10.5. The van der Waals surface area contributed by atoms with Gasteiger partial charge in [0.1, 0.15) is 4.83 Å². The first-order valence-corrected chi connectivity index (χ1v) is 5.15. The van der Waals surface area contributed by atoms with Crippen LogP contribution in [0.3, 0.4) is 0 Å². The first kappa shape index (κ1) is 12.4. The second-order valence-corrected chi connectivity index (χ2v) is 3.91. The molecule has 74 valence electrons. The number of hydrogen-bond donors (Lipinski definition) is 0. The van der Waals surface area contributed by atoms with Crippen LogP contribution in [0.5, 0.6) is 0 Å². The molecule has 0 bridgehead atoms. The topological polar surface area (TPSA) is 50.1 Å². The fourth-order valence-electron chi connectivity index (χ4n) is 0.790. The van der Waals surface area contributed by atoms with E-state index in [9.17, 15) is 4.79 Å². The van der Waals surface area contributed by atoms with Gasteiger partial charge in [0.05, 0.1) is 18.1 Å². The van der Waals surface area contributed by atoms with Gasteiger partial charge in [0, 0.05) is 0 Å². The normalized spacial score (nSPS) is 16.8. The number of rotatable bonds is 4. The van der Waals surface area contributed by atoms with Gasteiger partial charge in [-0.1, -0.05) is 22.9 Å². The third kappa shape index (κ3) is 3.00. The highest BCUT2D eigenvalue weighted by Crippen LogP contribution is 2.31. The third-order valence-corrected chi connectivity index (χ3v) is 3.43. The molecule has 0 aromatic rings. The number of nitrogens with zero attached hydrogens (tertiary/aromatic N) is 1. The van der Waals surface area contributed by atoms with Crippen LogP contribution in [0.1, 0.15) is 27.2 Å². The zero-order valence-corrected chi connectivity index (χ0v) is 9.72. The summed E-state index contributed by atoms with van der Waals surface area (Å²) < 4.78 is 4.82. The number of esters is 1. The van der Waals surface area contributed by atoms with E-state index in [4.69, 9.17) is 10.00 Å². The molecular formula is C9H14BrNO2. The quantitative estimate of drug-likeness (QED) is 0.566. The Morgan fingerprint density at radius 3 is 2.54 bits per heavy atom. The second-order valence-electron chi connectivity index (χ2n) is 3.00. The minimum Gasteiger partial charge on any atom is -0.465 e. The van der Waals surface area contributed by atoms with Crippen molar-refractivity contribution in [1.29, 1.82) is 5.26 Å². The summed E-state index contributed by atoms with van der Waals surface area (Å²) in [6, 6.07) is 2.12. The lowest BCUT2D eigenvalue weighted by molar-refractivity contribution is -0.143. The molecule has 0 aromatic carbocycles. The lowest BCUT2D eigenvalue weighted by Gasteiger charge is -2.23. The minimum absolute atomic E-state index is 0.339. The van der Waals surface area contributed by atoms with E-state index < -0.39 is 10.2 Å². The Morgan fingerprint density at radius 1 is 1.69 bits per heavy atom. The Bertz CT molecular complexity index is 224. The van der Waals surface area contributed by atoms with E-state index in [1.807, 2.05) is 6.92 Å². The summed E-state index contributed by atoms with van der Waals surface area (Å²) in [7, 11) is 0. The van der Waals surface area contributed by atoms with Crippen LogP contribution in [0, 0.1) is 16.7 Å². The minimum atomic E-state index is -0.688. The molecule has 0 saturated carbocycles. The van der Waals surface area contributed by atoms with Gasteiger partial charge in [0.25, 0.3) is 0 Å². The molecule has 0 aromatic heterocycles. The van der Waals surface area contributed by atoms with Crippen molar-refractivity contribution < 1.29 is 9.53 Å². The summed E-state index contributed by atoms with van der Waals surface area (Å²) in [5.74, 6) is -0.367. The van der Waals surface area contributed by atoms with Crippen LogP contribution in [0.2, 0.25) is 0 Å². The van der Waals surface area contributed by atoms with Crippen molar-refractivity contribution in [1.82, 2.24) is 0 Å². The van der Waals surface area contributed by atoms with E-state index in [-0.39, 0.29) is 5.97 Å². The predicted molar refractivity (Wildman–Crippen MR) is 53.4 cm³/mol. The first-order chi connectivity index (χ1) is 6.01. The molecule has 0 fully saturated rings. The molecule has 0 heterocycles. The van der Waals surface area contributed by atoms with Gasteiger partial charge in [0.15, 0.2) is 0 Å². The van der Waals surface area contributed by atoms with Gasteiger partial charge in [-0.05, 0) is 20.3 Å². The van der Waals surface area contributed by atoms with E-state index in [1.54, 1.807) is 13.8 Å². The number of halogens is 1. The van der Waals surface area contributed by atoms with Crippen molar-refractivity contribution in [3.8, 4) is 6.07 Å². The molecule has 3 nitrogen and oxygen atoms in total. The van der Waals surface area contributed by atoms with Gasteiger partial charge in [0.2, 0.25) is 0 Å². The molecule has 4 heteroatoms. The van der Waals surface area contributed by atoms with Crippen LogP contribution in [-0.4, -0.2) is 17.4 Å². The highest BCUT2D eigenvalue weighted by Gasteiger charge is 2.37. The molecule has 0 aliphatic heterocycles. The van der Waals surface area contributed by atoms with E-state index in [0.717, 1.165) is 0 Å². The van der Waals surface area contributed by atoms with Gasteiger partial charge in [-0.25, -0.2) is 0 Å². The molecule has 0 aliphatic rings. The maximum atomic E-state index is 11.3. The van der Waals surface area contributed by atoms with Crippen LogP contribution >= 0.6 is 15.9 Å². The molecule has 0 radical (unpaired) electrons. The number of carbonyl (C=O) groups excluding carboxylic acids is 1. The van der Waals surface area contributed by atoms with Crippen molar-refractivity contribution in [2.75, 3.05) is 6.61 Å². The number of alkyl halides is 1. The SMILES string of the molecule is CCOC(=O)C(Br)C(C)(C#N)CC. The smallest absolute Gasteiger partial charge is 0.321 e. The van der Waals surface area contributed by atoms with Crippen LogP contribution in [-0.2, 0) is 9.53 Å². The Morgan fingerprint density at radius 2 is 2.23 bits per heavy atom. The summed E-state index contributed by atoms with van der Waals surface area (Å²) in [4.78, 5) is 10.7. The Hall–Kier alpha value is -0.560. The van der Waals surface area contributed by atoms with E-state index in [2.05, 4.69) is 22.0 Å². The highest BCUT2D eigenvalue weighted by molar-refractivity contribution is 9.10. The van der Waals surface area contributed by atoms with Crippen molar-refractivity contribution >= 4 is 21.9 Å². The fraction of sp³-hybridized carbons (Fsp3) is 0.778. The average Bonchev–Trinajstić information content (AvgIpc) is 2.16. The Labute approximate surface area is 87.2 Å². The molecule has 2 unspecified atom stereocenters. The summed E-state index contributed by atoms with van der Waals surface area (Å²) in [6.45, 7) is 5.69. The molecule has 2 atom stereocenters. The number of hydrogen-bond acceptors (Lipinski definition) is 3. The zero-order valence-electron chi connectivity index (χ0n) is 8.13. The maximum Gasteiger partial charge on any atom is 0.321 e. The van der Waals surface area contributed by atoms with Crippen molar-refractivity contribution in [3.63, 3.8) is 0 Å². The van der Waals surface area contributed by atoms with Crippen molar-refractivity contribution in [2.45, 2.75) is 32.0 Å². The molecule has 0 saturated heterocycles. The van der Waals surface area contributed by atoms with Gasteiger partial charge in [-0.15, -0.1) is 0 Å². The van der Waals surface area contributed by atoms with Crippen LogP contribution < -0.4 is 0 Å². The van der Waals surface area contributed by atoms with Gasteiger partial charge >= 0.3 is 5.97 Å². The summed E-state index contributed by atoms with van der Waals surface area (Å²) in [5.41, 5.74) is -0.688. The number of ether oxygens (including phenoxy) is 1. The van der Waals surface area contributed by atoms with E-state index >= 15 is 0 Å². The van der Waals surface area contributed by atoms with Crippen LogP contribution in [0.15, 0.2) is 0 Å². The van der Waals surface area contributed by atoms with Crippen molar-refractivity contribution in [3.05, 3.63) is 0 Å². The fourth-order valence-corrected chi connectivity index (χ4v) is 1.35. The average molecular weight is 248 g/mol. The molecule has 0 spiro atoms. The van der Waals surface area contributed by atoms with E-state index in [1.165, 1.54) is 0 Å². The highest BCUT2D eigenvalue weighted by atomic mass is 79.9. The second kappa shape index (κ2) is 5.23. The summed E-state index contributed by atoms with van der Waals surface area (Å²) in [5, 5.41) is 8.89. The molecule has 0 rings (SSSR count). The third-order valence-electron chi connectivity index (χ3n) is 2.04. The van der Waals surface area contributed by atoms with Crippen molar-refractivity contribution in [2.24, 2.45) is 5.41 Å². The molecule has 0 amide bonds. The lowest BCUT2D eigenvalue weighted by atomic mass is 9.86. The molecule has 13 heavy (non-hydrogen) atoms. The van der Waals surface area contributed by atoms with Gasteiger partial charge in [-0.2, -0.15) is 5.26 Å². The van der Waals surface area contributed by atoms with Crippen LogP contribution in [0.4, 0.5) is 0 Å². The maximum absolute atomic E-state index is 11.3. The largest absolute Gasteiger partial charge is 0.465 e. The Balaban J connectivity index is 4.48. The monoisotopic (exact) mass is 247 g/mol. The summed E-state index contributed by atoms with van der Waals surface area (Å²) in [6.07, 6.45) is 0.609. The molecule has 0 aliphatic carbocycles. The predicted octanol–water partition coefficient (Wildman–Crippen LogP) is 2.25. The van der Waals surface area contributed by atoms with E-state index in [0.29, 0.717) is 13.0 Å². The molecular weight excluding hydrogens is 234 g/mol. The molecule has 0 N–H and O–H groups in total. The number of nitriles is 1. The van der Waals surface area contributed by atoms with Gasteiger partial charge < -0.3 is 4.74 Å². The number of carbonyl (C=O) groups is 1. The summed E-state index contributed by atoms with van der Waals surface area (Å²) >= 11 is 3.19. The Kier molecular flexibility index (Phi) is 5.01. The van der Waals surface area contributed by atoms with Crippen LogP contribution in [0.25, 0.3) is 0 Å². The lowest BCUT2D eigenvalue weighted by Crippen LogP contribution is -2.33.